The number of carbonyl (C=O) groups is 4. The molecule has 1 aliphatic carbocycles. The van der Waals surface area contributed by atoms with Crippen molar-refractivity contribution in [2.24, 2.45) is 5.92 Å². The number of hydrogen-bond acceptors (Lipinski definition) is 7. The lowest BCUT2D eigenvalue weighted by Crippen LogP contribution is -2.49. The molecule has 2 fully saturated rings. The molecule has 3 rings (SSSR count). The fraction of sp³-hybridized carbons (Fsp3) is 0.588. The standard InChI is InChI=1S/C17H22N4O5S/c1-10-3-5-17(6-4-10)14(24)21(16(25)20-17)7-13(23)26-8-12-9-27-15(19-12)18-11(2)22/h9-10H,3-8H2,1-2H3,(H,20,25)(H,18,19,22). The van der Waals surface area contributed by atoms with Gasteiger partial charge in [0.1, 0.15) is 18.7 Å². The first-order chi connectivity index (χ1) is 12.8. The van der Waals surface area contributed by atoms with Gasteiger partial charge in [-0.1, -0.05) is 6.92 Å². The van der Waals surface area contributed by atoms with E-state index in [1.54, 1.807) is 5.38 Å². The van der Waals surface area contributed by atoms with E-state index < -0.39 is 24.1 Å². The largest absolute Gasteiger partial charge is 0.458 e. The lowest BCUT2D eigenvalue weighted by atomic mass is 9.77. The predicted molar refractivity (Wildman–Crippen MR) is 96.8 cm³/mol. The van der Waals surface area contributed by atoms with Crippen LogP contribution in [-0.4, -0.2) is 45.8 Å². The van der Waals surface area contributed by atoms with Crippen molar-refractivity contribution in [3.8, 4) is 0 Å². The van der Waals surface area contributed by atoms with E-state index >= 15 is 0 Å². The number of anilines is 1. The molecule has 1 saturated carbocycles. The lowest BCUT2D eigenvalue weighted by molar-refractivity contribution is -0.149. The molecule has 1 saturated heterocycles. The number of hydrogen-bond donors (Lipinski definition) is 2. The van der Waals surface area contributed by atoms with Crippen molar-refractivity contribution >= 4 is 40.3 Å². The Hall–Kier alpha value is -2.49. The van der Waals surface area contributed by atoms with E-state index in [1.807, 2.05) is 0 Å². The number of ether oxygens (including phenoxy) is 1. The summed E-state index contributed by atoms with van der Waals surface area (Å²) in [5.41, 5.74) is -0.390. The molecule has 1 aliphatic heterocycles. The molecule has 2 N–H and O–H groups in total. The second-order valence-electron chi connectivity index (χ2n) is 7.07. The van der Waals surface area contributed by atoms with E-state index in [-0.39, 0.29) is 18.4 Å². The van der Waals surface area contributed by atoms with E-state index in [0.717, 1.165) is 17.7 Å². The number of nitrogens with zero attached hydrogens (tertiary/aromatic N) is 2. The van der Waals surface area contributed by atoms with Crippen molar-refractivity contribution in [2.75, 3.05) is 11.9 Å². The molecule has 146 valence electrons. The summed E-state index contributed by atoms with van der Waals surface area (Å²) in [4.78, 5) is 53.0. The van der Waals surface area contributed by atoms with Crippen LogP contribution in [-0.2, 0) is 25.7 Å². The van der Waals surface area contributed by atoms with Gasteiger partial charge in [-0.25, -0.2) is 9.78 Å². The highest BCUT2D eigenvalue weighted by Crippen LogP contribution is 2.36. The van der Waals surface area contributed by atoms with Gasteiger partial charge in [-0.05, 0) is 31.6 Å². The van der Waals surface area contributed by atoms with Gasteiger partial charge in [-0.15, -0.1) is 11.3 Å². The average molecular weight is 394 g/mol. The number of imide groups is 1. The maximum atomic E-state index is 12.7. The molecule has 1 aromatic heterocycles. The fourth-order valence-corrected chi connectivity index (χ4v) is 4.07. The Morgan fingerprint density at radius 2 is 2.11 bits per heavy atom. The molecule has 0 atom stereocenters. The van der Waals surface area contributed by atoms with E-state index in [9.17, 15) is 19.2 Å². The monoisotopic (exact) mass is 394 g/mol. The maximum absolute atomic E-state index is 12.7. The minimum Gasteiger partial charge on any atom is -0.458 e. The van der Waals surface area contributed by atoms with Gasteiger partial charge in [0.2, 0.25) is 5.91 Å². The van der Waals surface area contributed by atoms with Crippen molar-refractivity contribution in [2.45, 2.75) is 51.7 Å². The van der Waals surface area contributed by atoms with Crippen LogP contribution in [0.5, 0.6) is 0 Å². The van der Waals surface area contributed by atoms with Crippen molar-refractivity contribution in [3.05, 3.63) is 11.1 Å². The molecule has 10 heteroatoms. The summed E-state index contributed by atoms with van der Waals surface area (Å²) in [7, 11) is 0. The number of aromatic nitrogens is 1. The SMILES string of the molecule is CC(=O)Nc1nc(COC(=O)CN2C(=O)NC3(CCC(C)CC3)C2=O)cs1. The number of rotatable bonds is 5. The Kier molecular flexibility index (Phi) is 5.45. The summed E-state index contributed by atoms with van der Waals surface area (Å²) in [5.74, 6) is -0.746. The summed E-state index contributed by atoms with van der Waals surface area (Å²) in [6.07, 6.45) is 2.92. The molecule has 4 amide bonds. The number of carbonyl (C=O) groups excluding carboxylic acids is 4. The first-order valence-electron chi connectivity index (χ1n) is 8.81. The molecule has 1 aromatic rings. The van der Waals surface area contributed by atoms with Crippen molar-refractivity contribution < 1.29 is 23.9 Å². The number of esters is 1. The van der Waals surface area contributed by atoms with Gasteiger partial charge in [0, 0.05) is 12.3 Å². The van der Waals surface area contributed by atoms with E-state index in [4.69, 9.17) is 4.74 Å². The van der Waals surface area contributed by atoms with Crippen LogP contribution >= 0.6 is 11.3 Å². The van der Waals surface area contributed by atoms with Crippen LogP contribution in [0.2, 0.25) is 0 Å². The second kappa shape index (κ2) is 7.63. The number of urea groups is 1. The van der Waals surface area contributed by atoms with E-state index in [0.29, 0.717) is 29.6 Å². The van der Waals surface area contributed by atoms with Gasteiger partial charge in [0.05, 0.1) is 5.69 Å². The van der Waals surface area contributed by atoms with Gasteiger partial charge in [-0.2, -0.15) is 0 Å². The predicted octanol–water partition coefficient (Wildman–Crippen LogP) is 1.65. The first kappa shape index (κ1) is 19.3. The highest BCUT2D eigenvalue weighted by Gasteiger charge is 2.52. The van der Waals surface area contributed by atoms with Crippen LogP contribution in [0.25, 0.3) is 0 Å². The van der Waals surface area contributed by atoms with E-state index in [2.05, 4.69) is 22.5 Å². The normalized spacial score (nSPS) is 24.8. The summed E-state index contributed by atoms with van der Waals surface area (Å²) < 4.78 is 5.12. The molecule has 2 aliphatic rings. The third-order valence-electron chi connectivity index (χ3n) is 4.88. The molecule has 0 radical (unpaired) electrons. The molecule has 2 heterocycles. The number of nitrogens with one attached hydrogen (secondary N) is 2. The average Bonchev–Trinajstić information content (AvgIpc) is 3.14. The minimum absolute atomic E-state index is 0.0960. The van der Waals surface area contributed by atoms with Crippen LogP contribution in [0.3, 0.4) is 0 Å². The Balaban J connectivity index is 1.53. The Labute approximate surface area is 160 Å². The lowest BCUT2D eigenvalue weighted by Gasteiger charge is -2.33. The highest BCUT2D eigenvalue weighted by molar-refractivity contribution is 7.13. The zero-order chi connectivity index (χ0) is 19.6. The second-order valence-corrected chi connectivity index (χ2v) is 7.93. The Bertz CT molecular complexity index is 769. The molecule has 0 bridgehead atoms. The van der Waals surface area contributed by atoms with Crippen LogP contribution < -0.4 is 10.6 Å². The van der Waals surface area contributed by atoms with Crippen LogP contribution in [0.1, 0.15) is 45.2 Å². The quantitative estimate of drug-likeness (QED) is 0.579. The molecular formula is C17H22N4O5S. The van der Waals surface area contributed by atoms with Crippen LogP contribution in [0.15, 0.2) is 5.38 Å². The summed E-state index contributed by atoms with van der Waals surface area (Å²) >= 11 is 1.21. The van der Waals surface area contributed by atoms with Crippen LogP contribution in [0, 0.1) is 5.92 Å². The zero-order valence-corrected chi connectivity index (χ0v) is 16.1. The van der Waals surface area contributed by atoms with Gasteiger partial charge >= 0.3 is 12.0 Å². The first-order valence-corrected chi connectivity index (χ1v) is 9.69. The summed E-state index contributed by atoms with van der Waals surface area (Å²) in [6.45, 7) is 2.98. The van der Waals surface area contributed by atoms with Crippen molar-refractivity contribution in [1.29, 1.82) is 0 Å². The van der Waals surface area contributed by atoms with Crippen molar-refractivity contribution in [1.82, 2.24) is 15.2 Å². The molecule has 0 unspecified atom stereocenters. The molecule has 0 aromatic carbocycles. The summed E-state index contributed by atoms with van der Waals surface area (Å²) in [6, 6.07) is -0.548. The Morgan fingerprint density at radius 1 is 1.41 bits per heavy atom. The van der Waals surface area contributed by atoms with Gasteiger partial charge < -0.3 is 15.4 Å². The van der Waals surface area contributed by atoms with Crippen molar-refractivity contribution in [3.63, 3.8) is 0 Å². The maximum Gasteiger partial charge on any atom is 0.326 e. The third-order valence-corrected chi connectivity index (χ3v) is 5.68. The minimum atomic E-state index is -0.869. The molecule has 1 spiro atoms. The molecular weight excluding hydrogens is 372 g/mol. The van der Waals surface area contributed by atoms with Crippen LogP contribution in [0.4, 0.5) is 9.93 Å². The third kappa shape index (κ3) is 4.26. The smallest absolute Gasteiger partial charge is 0.326 e. The van der Waals surface area contributed by atoms with Gasteiger partial charge in [-0.3, -0.25) is 19.3 Å². The number of amides is 4. The van der Waals surface area contributed by atoms with Gasteiger partial charge in [0.15, 0.2) is 5.13 Å². The van der Waals surface area contributed by atoms with Gasteiger partial charge in [0.25, 0.3) is 5.91 Å². The summed E-state index contributed by atoms with van der Waals surface area (Å²) in [5, 5.41) is 7.38. The fourth-order valence-electron chi connectivity index (χ4n) is 3.32. The van der Waals surface area contributed by atoms with E-state index in [1.165, 1.54) is 18.3 Å². The molecule has 27 heavy (non-hydrogen) atoms. The topological polar surface area (TPSA) is 118 Å². The Morgan fingerprint density at radius 3 is 2.78 bits per heavy atom. The highest BCUT2D eigenvalue weighted by atomic mass is 32.1. The number of thiazole rings is 1. The molecule has 9 nitrogen and oxygen atoms in total. The zero-order valence-electron chi connectivity index (χ0n) is 15.2.